The lowest BCUT2D eigenvalue weighted by Crippen LogP contribution is -2.25. The van der Waals surface area contributed by atoms with E-state index in [9.17, 15) is 9.18 Å². The second kappa shape index (κ2) is 6.03. The first-order valence-corrected chi connectivity index (χ1v) is 7.06. The smallest absolute Gasteiger partial charge is 0.191 e. The minimum atomic E-state index is -0.402. The Balaban J connectivity index is 1.71. The Kier molecular flexibility index (Phi) is 3.93. The van der Waals surface area contributed by atoms with Gasteiger partial charge in [0.05, 0.1) is 17.8 Å². The van der Waals surface area contributed by atoms with Gasteiger partial charge >= 0.3 is 0 Å². The van der Waals surface area contributed by atoms with Gasteiger partial charge in [0.25, 0.3) is 0 Å². The molecule has 0 aromatic heterocycles. The molecular weight excluding hydrogens is 301 g/mol. The standard InChI is InChI=1S/C16H12FN3OS/c17-12-7-3-4-8-13(12)18-16(22)20-19-14-9-15(21)11-6-2-1-5-10(11)14/h1-8H,9H2,(H2,18,20,22)/b19-14-. The van der Waals surface area contributed by atoms with Crippen LogP contribution in [0.1, 0.15) is 22.3 Å². The molecule has 2 N–H and O–H groups in total. The number of nitrogens with zero attached hydrogens (tertiary/aromatic N) is 1. The Bertz CT molecular complexity index is 788. The maximum atomic E-state index is 13.5. The van der Waals surface area contributed by atoms with Crippen molar-refractivity contribution in [3.05, 3.63) is 65.5 Å². The SMILES string of the molecule is O=C1C/C(=N/NC(=S)Nc2ccccc2F)c2ccccc21. The van der Waals surface area contributed by atoms with Gasteiger partial charge in [0.1, 0.15) is 5.82 Å². The zero-order valence-corrected chi connectivity index (χ0v) is 12.3. The van der Waals surface area contributed by atoms with Crippen molar-refractivity contribution in [2.24, 2.45) is 5.10 Å². The normalized spacial score (nSPS) is 14.8. The molecular formula is C16H12FN3OS. The van der Waals surface area contributed by atoms with Gasteiger partial charge in [0.2, 0.25) is 0 Å². The molecule has 0 saturated carbocycles. The summed E-state index contributed by atoms with van der Waals surface area (Å²) in [6, 6.07) is 13.5. The highest BCUT2D eigenvalue weighted by atomic mass is 32.1. The van der Waals surface area contributed by atoms with E-state index >= 15 is 0 Å². The van der Waals surface area contributed by atoms with Crippen molar-refractivity contribution in [3.63, 3.8) is 0 Å². The monoisotopic (exact) mass is 313 g/mol. The molecule has 0 spiro atoms. The van der Waals surface area contributed by atoms with Crippen LogP contribution in [0.4, 0.5) is 10.1 Å². The Morgan fingerprint density at radius 2 is 1.77 bits per heavy atom. The molecule has 0 heterocycles. The molecule has 0 bridgehead atoms. The van der Waals surface area contributed by atoms with E-state index in [0.717, 1.165) is 5.56 Å². The fraction of sp³-hybridized carbons (Fsp3) is 0.0625. The van der Waals surface area contributed by atoms with Crippen LogP contribution in [-0.4, -0.2) is 16.6 Å². The molecule has 4 nitrogen and oxygen atoms in total. The molecule has 0 radical (unpaired) electrons. The summed E-state index contributed by atoms with van der Waals surface area (Å²) in [5.41, 5.74) is 5.00. The lowest BCUT2D eigenvalue weighted by Gasteiger charge is -2.08. The number of benzene rings is 2. The van der Waals surface area contributed by atoms with E-state index in [1.807, 2.05) is 18.2 Å². The number of Topliss-reactive ketones (excluding diaryl/α,β-unsaturated/α-hetero) is 1. The zero-order valence-electron chi connectivity index (χ0n) is 11.5. The Labute approximate surface area is 132 Å². The predicted octanol–water partition coefficient (Wildman–Crippen LogP) is 3.10. The second-order valence-corrected chi connectivity index (χ2v) is 5.16. The van der Waals surface area contributed by atoms with Crippen LogP contribution in [-0.2, 0) is 0 Å². The van der Waals surface area contributed by atoms with Gasteiger partial charge in [-0.2, -0.15) is 5.10 Å². The van der Waals surface area contributed by atoms with E-state index in [1.54, 1.807) is 24.3 Å². The average molecular weight is 313 g/mol. The van der Waals surface area contributed by atoms with Crippen molar-refractivity contribution in [2.45, 2.75) is 6.42 Å². The number of hydrazone groups is 1. The van der Waals surface area contributed by atoms with Crippen molar-refractivity contribution in [1.29, 1.82) is 0 Å². The Morgan fingerprint density at radius 1 is 1.09 bits per heavy atom. The number of carbonyl (C=O) groups is 1. The van der Waals surface area contributed by atoms with Gasteiger partial charge in [0, 0.05) is 11.1 Å². The van der Waals surface area contributed by atoms with Crippen molar-refractivity contribution >= 4 is 34.5 Å². The fourth-order valence-electron chi connectivity index (χ4n) is 2.25. The van der Waals surface area contributed by atoms with E-state index in [0.29, 0.717) is 11.3 Å². The number of carbonyl (C=O) groups excluding carboxylic acids is 1. The topological polar surface area (TPSA) is 53.5 Å². The molecule has 0 aliphatic heterocycles. The molecule has 110 valence electrons. The van der Waals surface area contributed by atoms with Crippen LogP contribution in [0.5, 0.6) is 0 Å². The van der Waals surface area contributed by atoms with Crippen molar-refractivity contribution in [1.82, 2.24) is 5.43 Å². The molecule has 0 unspecified atom stereocenters. The molecule has 0 amide bonds. The number of hydrogen-bond acceptors (Lipinski definition) is 3. The number of ketones is 1. The van der Waals surface area contributed by atoms with Crippen LogP contribution in [0, 0.1) is 5.82 Å². The maximum absolute atomic E-state index is 13.5. The number of halogens is 1. The summed E-state index contributed by atoms with van der Waals surface area (Å²) in [5, 5.41) is 7.04. The van der Waals surface area contributed by atoms with Gasteiger partial charge in [-0.25, -0.2) is 4.39 Å². The van der Waals surface area contributed by atoms with Crippen LogP contribution in [0.2, 0.25) is 0 Å². The molecule has 0 atom stereocenters. The molecule has 3 rings (SSSR count). The second-order valence-electron chi connectivity index (χ2n) is 4.75. The number of thiocarbonyl (C=S) groups is 1. The van der Waals surface area contributed by atoms with E-state index in [-0.39, 0.29) is 23.0 Å². The van der Waals surface area contributed by atoms with Crippen LogP contribution in [0.3, 0.4) is 0 Å². The average Bonchev–Trinajstić information content (AvgIpc) is 2.85. The highest BCUT2D eigenvalue weighted by Gasteiger charge is 2.24. The molecule has 2 aromatic carbocycles. The summed E-state index contributed by atoms with van der Waals surface area (Å²) < 4.78 is 13.5. The Morgan fingerprint density at radius 3 is 2.55 bits per heavy atom. The van der Waals surface area contributed by atoms with Crippen LogP contribution in [0.25, 0.3) is 0 Å². The molecule has 22 heavy (non-hydrogen) atoms. The van der Waals surface area contributed by atoms with Crippen LogP contribution in [0.15, 0.2) is 53.6 Å². The Hall–Kier alpha value is -2.60. The van der Waals surface area contributed by atoms with Gasteiger partial charge in [-0.1, -0.05) is 36.4 Å². The minimum absolute atomic E-state index is 0.0316. The highest BCUT2D eigenvalue weighted by Crippen LogP contribution is 2.21. The predicted molar refractivity (Wildman–Crippen MR) is 87.7 cm³/mol. The van der Waals surface area contributed by atoms with Crippen LogP contribution < -0.4 is 10.7 Å². The third-order valence-electron chi connectivity index (χ3n) is 3.28. The number of rotatable bonds is 2. The first-order chi connectivity index (χ1) is 10.6. The first kappa shape index (κ1) is 14.3. The quantitative estimate of drug-likeness (QED) is 0.661. The number of anilines is 1. The highest BCUT2D eigenvalue weighted by molar-refractivity contribution is 7.80. The van der Waals surface area contributed by atoms with Gasteiger partial charge < -0.3 is 5.32 Å². The zero-order chi connectivity index (χ0) is 15.5. The third-order valence-corrected chi connectivity index (χ3v) is 3.47. The molecule has 2 aromatic rings. The van der Waals surface area contributed by atoms with Gasteiger partial charge in [0.15, 0.2) is 10.9 Å². The van der Waals surface area contributed by atoms with Crippen molar-refractivity contribution in [2.75, 3.05) is 5.32 Å². The van der Waals surface area contributed by atoms with E-state index in [4.69, 9.17) is 12.2 Å². The summed E-state index contributed by atoms with van der Waals surface area (Å²) >= 11 is 5.08. The summed E-state index contributed by atoms with van der Waals surface area (Å²) in [5.74, 6) is -0.371. The van der Waals surface area contributed by atoms with E-state index in [1.165, 1.54) is 6.07 Å². The molecule has 0 fully saturated rings. The first-order valence-electron chi connectivity index (χ1n) is 6.66. The largest absolute Gasteiger partial charge is 0.329 e. The van der Waals surface area contributed by atoms with Gasteiger partial charge in [-0.05, 0) is 24.4 Å². The number of para-hydroxylation sites is 1. The lowest BCUT2D eigenvalue weighted by molar-refractivity contribution is 0.101. The van der Waals surface area contributed by atoms with E-state index in [2.05, 4.69) is 15.8 Å². The minimum Gasteiger partial charge on any atom is -0.329 e. The van der Waals surface area contributed by atoms with Crippen LogP contribution >= 0.6 is 12.2 Å². The molecule has 1 aliphatic rings. The molecule has 6 heteroatoms. The maximum Gasteiger partial charge on any atom is 0.191 e. The molecule has 1 aliphatic carbocycles. The number of fused-ring (bicyclic) bond motifs is 1. The summed E-state index contributed by atoms with van der Waals surface area (Å²) in [4.78, 5) is 11.8. The van der Waals surface area contributed by atoms with Crippen molar-refractivity contribution < 1.29 is 9.18 Å². The lowest BCUT2D eigenvalue weighted by atomic mass is 10.1. The van der Waals surface area contributed by atoms with E-state index < -0.39 is 5.82 Å². The van der Waals surface area contributed by atoms with Gasteiger partial charge in [-0.15, -0.1) is 0 Å². The summed E-state index contributed by atoms with van der Waals surface area (Å²) in [6.07, 6.45) is 0.231. The summed E-state index contributed by atoms with van der Waals surface area (Å²) in [7, 11) is 0. The van der Waals surface area contributed by atoms with Gasteiger partial charge in [-0.3, -0.25) is 10.2 Å². The van der Waals surface area contributed by atoms with Crippen molar-refractivity contribution in [3.8, 4) is 0 Å². The number of hydrogen-bond donors (Lipinski definition) is 2. The third kappa shape index (κ3) is 2.87. The molecule has 0 saturated heterocycles. The number of nitrogens with one attached hydrogen (secondary N) is 2. The fourth-order valence-corrected chi connectivity index (χ4v) is 2.41. The summed E-state index contributed by atoms with van der Waals surface area (Å²) in [6.45, 7) is 0.